The molecule has 156 valence electrons. The van der Waals surface area contributed by atoms with Gasteiger partial charge >= 0.3 is 0 Å². The molecule has 0 radical (unpaired) electrons. The molecule has 0 amide bonds. The third-order valence-electron chi connectivity index (χ3n) is 5.97. The van der Waals surface area contributed by atoms with Gasteiger partial charge in [0.05, 0.1) is 11.4 Å². The number of anilines is 1. The molecule has 5 nitrogen and oxygen atoms in total. The Hall–Kier alpha value is -2.43. The molecule has 0 fully saturated rings. The second kappa shape index (κ2) is 8.93. The van der Waals surface area contributed by atoms with Gasteiger partial charge in [-0.15, -0.1) is 0 Å². The minimum atomic E-state index is 0.479. The molecule has 0 bridgehead atoms. The van der Waals surface area contributed by atoms with E-state index in [1.54, 1.807) is 0 Å². The first kappa shape index (κ1) is 21.3. The van der Waals surface area contributed by atoms with Crippen molar-refractivity contribution in [2.45, 2.75) is 73.3 Å². The smallest absolute Gasteiger partial charge is 0.159 e. The first-order chi connectivity index (χ1) is 13.9. The number of hydrogen-bond donors (Lipinski definition) is 0. The summed E-state index contributed by atoms with van der Waals surface area (Å²) in [5.41, 5.74) is 7.50. The molecule has 0 aromatic carbocycles. The van der Waals surface area contributed by atoms with Gasteiger partial charge in [0.2, 0.25) is 0 Å². The number of hydrogen-bond acceptors (Lipinski definition) is 4. The second-order valence-electron chi connectivity index (χ2n) is 7.97. The molecule has 3 aromatic rings. The lowest BCUT2D eigenvalue weighted by Gasteiger charge is -2.19. The first-order valence-corrected chi connectivity index (χ1v) is 11.0. The fourth-order valence-electron chi connectivity index (χ4n) is 4.05. The van der Waals surface area contributed by atoms with Crippen LogP contribution in [0.4, 0.5) is 5.82 Å². The number of rotatable bonds is 8. The Labute approximate surface area is 175 Å². The molecular formula is C24H35N5. The van der Waals surface area contributed by atoms with Crippen LogP contribution >= 0.6 is 0 Å². The van der Waals surface area contributed by atoms with Gasteiger partial charge in [-0.3, -0.25) is 0 Å². The maximum Gasteiger partial charge on any atom is 0.159 e. The number of aromatic nitrogens is 4. The highest BCUT2D eigenvalue weighted by Crippen LogP contribution is 2.31. The Bertz CT molecular complexity index is 989. The molecule has 3 heterocycles. The molecule has 0 N–H and O–H groups in total. The van der Waals surface area contributed by atoms with Crippen LogP contribution in [0.1, 0.15) is 69.8 Å². The Balaban J connectivity index is 2.15. The predicted molar refractivity (Wildman–Crippen MR) is 123 cm³/mol. The molecule has 0 saturated carbocycles. The monoisotopic (exact) mass is 393 g/mol. The van der Waals surface area contributed by atoms with E-state index in [9.17, 15) is 0 Å². The van der Waals surface area contributed by atoms with E-state index in [4.69, 9.17) is 15.0 Å². The van der Waals surface area contributed by atoms with Gasteiger partial charge < -0.3 is 9.47 Å². The van der Waals surface area contributed by atoms with E-state index >= 15 is 0 Å². The molecule has 0 saturated heterocycles. The number of pyridine rings is 1. The van der Waals surface area contributed by atoms with Gasteiger partial charge in [0.25, 0.3) is 0 Å². The van der Waals surface area contributed by atoms with E-state index in [0.29, 0.717) is 6.04 Å². The second-order valence-corrected chi connectivity index (χ2v) is 7.97. The molecule has 0 aliphatic heterocycles. The van der Waals surface area contributed by atoms with Crippen molar-refractivity contribution in [3.05, 3.63) is 35.3 Å². The summed E-state index contributed by atoms with van der Waals surface area (Å²) in [5, 5.41) is 0. The van der Waals surface area contributed by atoms with Crippen LogP contribution in [0.5, 0.6) is 0 Å². The van der Waals surface area contributed by atoms with Gasteiger partial charge in [-0.05, 0) is 57.2 Å². The quantitative estimate of drug-likeness (QED) is 0.479. The van der Waals surface area contributed by atoms with Gasteiger partial charge in [0.1, 0.15) is 11.3 Å². The lowest BCUT2D eigenvalue weighted by Crippen LogP contribution is -2.17. The lowest BCUT2D eigenvalue weighted by atomic mass is 10.0. The number of nitrogens with zero attached hydrogens (tertiary/aromatic N) is 5. The minimum Gasteiger partial charge on any atom is -0.360 e. The van der Waals surface area contributed by atoms with Gasteiger partial charge in [0, 0.05) is 37.6 Å². The highest BCUT2D eigenvalue weighted by atomic mass is 15.2. The third kappa shape index (κ3) is 4.00. The Morgan fingerprint density at radius 3 is 2.48 bits per heavy atom. The average Bonchev–Trinajstić information content (AvgIpc) is 3.05. The fourth-order valence-corrected chi connectivity index (χ4v) is 4.05. The summed E-state index contributed by atoms with van der Waals surface area (Å²) < 4.78 is 2.34. The first-order valence-electron chi connectivity index (χ1n) is 11.0. The predicted octanol–water partition coefficient (Wildman–Crippen LogP) is 5.88. The van der Waals surface area contributed by atoms with Crippen LogP contribution in [0.25, 0.3) is 22.4 Å². The van der Waals surface area contributed by atoms with Crippen LogP contribution in [0.2, 0.25) is 0 Å². The fraction of sp³-hybridized carbons (Fsp3) is 0.542. The normalized spacial score (nSPS) is 12.5. The van der Waals surface area contributed by atoms with Crippen molar-refractivity contribution in [3.63, 3.8) is 0 Å². The van der Waals surface area contributed by atoms with Gasteiger partial charge in [0.15, 0.2) is 5.65 Å². The average molecular weight is 394 g/mol. The molecule has 0 aliphatic rings. The molecule has 0 aliphatic carbocycles. The maximum atomic E-state index is 5.11. The zero-order chi connectivity index (χ0) is 21.1. The summed E-state index contributed by atoms with van der Waals surface area (Å²) in [4.78, 5) is 17.0. The zero-order valence-corrected chi connectivity index (χ0v) is 19.1. The Morgan fingerprint density at radius 2 is 1.86 bits per heavy atom. The van der Waals surface area contributed by atoms with E-state index in [1.165, 1.54) is 24.0 Å². The molecule has 1 atom stereocenters. The van der Waals surface area contributed by atoms with Crippen molar-refractivity contribution in [3.8, 4) is 11.3 Å². The highest BCUT2D eigenvalue weighted by molar-refractivity contribution is 5.80. The topological polar surface area (TPSA) is 46.8 Å². The van der Waals surface area contributed by atoms with Crippen molar-refractivity contribution in [2.24, 2.45) is 0 Å². The third-order valence-corrected chi connectivity index (χ3v) is 5.97. The van der Waals surface area contributed by atoms with E-state index in [0.717, 1.165) is 53.3 Å². The van der Waals surface area contributed by atoms with Crippen LogP contribution in [0.3, 0.4) is 0 Å². The molecule has 0 spiro atoms. The largest absolute Gasteiger partial charge is 0.360 e. The van der Waals surface area contributed by atoms with Crippen LogP contribution in [-0.2, 0) is 6.42 Å². The molecule has 1 unspecified atom stereocenters. The molecule has 29 heavy (non-hydrogen) atoms. The standard InChI is InChI=1S/C24H35N5/c1-8-12-19(10-3)29-15-16(5)22-24(29)26-17(6)23(27-22)20-14-25-21(28(7)11-4)13-18(20)9-2/h13-15,19H,8-12H2,1-7H3. The van der Waals surface area contributed by atoms with Crippen LogP contribution in [0.15, 0.2) is 18.5 Å². The lowest BCUT2D eigenvalue weighted by molar-refractivity contribution is 0.457. The van der Waals surface area contributed by atoms with Crippen molar-refractivity contribution in [2.75, 3.05) is 18.5 Å². The molecule has 3 aromatic heterocycles. The Morgan fingerprint density at radius 1 is 1.10 bits per heavy atom. The van der Waals surface area contributed by atoms with Gasteiger partial charge in [-0.1, -0.05) is 27.2 Å². The molecule has 3 rings (SSSR count). The number of aryl methyl sites for hydroxylation is 3. The molecule has 5 heteroatoms. The maximum absolute atomic E-state index is 5.11. The van der Waals surface area contributed by atoms with E-state index in [2.05, 4.69) is 70.3 Å². The van der Waals surface area contributed by atoms with Crippen LogP contribution < -0.4 is 4.90 Å². The summed E-state index contributed by atoms with van der Waals surface area (Å²) in [6, 6.07) is 2.67. The van der Waals surface area contributed by atoms with Crippen LogP contribution in [0, 0.1) is 13.8 Å². The minimum absolute atomic E-state index is 0.479. The van der Waals surface area contributed by atoms with E-state index < -0.39 is 0 Å². The van der Waals surface area contributed by atoms with Crippen molar-refractivity contribution < 1.29 is 0 Å². The van der Waals surface area contributed by atoms with E-state index in [-0.39, 0.29) is 0 Å². The highest BCUT2D eigenvalue weighted by Gasteiger charge is 2.19. The van der Waals surface area contributed by atoms with Crippen molar-refractivity contribution >= 4 is 17.0 Å². The van der Waals surface area contributed by atoms with E-state index in [1.807, 2.05) is 6.20 Å². The molecular weight excluding hydrogens is 358 g/mol. The van der Waals surface area contributed by atoms with Gasteiger partial charge in [-0.2, -0.15) is 0 Å². The van der Waals surface area contributed by atoms with Crippen LogP contribution in [-0.4, -0.2) is 33.1 Å². The van der Waals surface area contributed by atoms with Crippen molar-refractivity contribution in [1.82, 2.24) is 19.5 Å². The summed E-state index contributed by atoms with van der Waals surface area (Å²) in [5.74, 6) is 1.01. The number of fused-ring (bicyclic) bond motifs is 1. The van der Waals surface area contributed by atoms with Crippen molar-refractivity contribution in [1.29, 1.82) is 0 Å². The summed E-state index contributed by atoms with van der Waals surface area (Å²) in [7, 11) is 2.07. The summed E-state index contributed by atoms with van der Waals surface area (Å²) >= 11 is 0. The van der Waals surface area contributed by atoms with Gasteiger partial charge in [-0.25, -0.2) is 15.0 Å². The SMILES string of the molecule is CCCC(CC)n1cc(C)c2nc(-c3cnc(N(C)CC)cc3CC)c(C)nc21. The Kier molecular flexibility index (Phi) is 6.56. The summed E-state index contributed by atoms with van der Waals surface area (Å²) in [6.45, 7) is 14.0. The zero-order valence-electron chi connectivity index (χ0n) is 19.1. The summed E-state index contributed by atoms with van der Waals surface area (Å²) in [6.07, 6.45) is 8.59.